The van der Waals surface area contributed by atoms with E-state index in [0.29, 0.717) is 12.8 Å². The Labute approximate surface area is 296 Å². The SMILES string of the molecule is CCCCC/C=C\C/C=C\CCCCCCCC(=O)NC(COP(=O)(O)OCCN)C(O)CCCCCCCCCCCCCCCC. The van der Waals surface area contributed by atoms with E-state index in [0.717, 1.165) is 64.2 Å². The summed E-state index contributed by atoms with van der Waals surface area (Å²) in [4.78, 5) is 22.6. The molecule has 3 atom stereocenters. The van der Waals surface area contributed by atoms with Gasteiger partial charge in [0.2, 0.25) is 5.91 Å². The number of unbranched alkanes of at least 4 members (excludes halogenated alkanes) is 21. The summed E-state index contributed by atoms with van der Waals surface area (Å²) in [7, 11) is -4.31. The van der Waals surface area contributed by atoms with Gasteiger partial charge in [0, 0.05) is 13.0 Å². The van der Waals surface area contributed by atoms with Gasteiger partial charge in [0.05, 0.1) is 25.4 Å². The Kier molecular flexibility index (Phi) is 35.0. The number of amides is 1. The highest BCUT2D eigenvalue weighted by atomic mass is 31.2. The third-order valence-electron chi connectivity index (χ3n) is 8.81. The average molecular weight is 701 g/mol. The van der Waals surface area contributed by atoms with E-state index in [4.69, 9.17) is 14.8 Å². The number of aliphatic hydroxyl groups excluding tert-OH is 1. The zero-order chi connectivity index (χ0) is 35.4. The monoisotopic (exact) mass is 701 g/mol. The zero-order valence-corrected chi connectivity index (χ0v) is 32.1. The van der Waals surface area contributed by atoms with Crippen molar-refractivity contribution < 1.29 is 28.4 Å². The van der Waals surface area contributed by atoms with Crippen LogP contribution >= 0.6 is 7.82 Å². The van der Waals surface area contributed by atoms with Crippen LogP contribution in [0.1, 0.15) is 187 Å². The van der Waals surface area contributed by atoms with E-state index in [1.165, 1.54) is 96.3 Å². The lowest BCUT2D eigenvalue weighted by Gasteiger charge is -2.25. The standard InChI is InChI=1S/C39H77N2O6P/c1-3-5-7-9-11-13-15-17-19-21-23-25-27-29-31-33-39(43)41-37(36-47-48(44,45)46-35-34-40)38(42)32-30-28-26-24-22-20-18-16-14-12-10-8-6-4-2/h11,13,17,19,37-38,42H,3-10,12,14-16,18,20-36,40H2,1-2H3,(H,41,43)(H,44,45)/b13-11-,19-17-. The topological polar surface area (TPSA) is 131 Å². The first kappa shape index (κ1) is 47.0. The minimum atomic E-state index is -4.31. The maximum Gasteiger partial charge on any atom is 0.472 e. The molecule has 0 aliphatic carbocycles. The van der Waals surface area contributed by atoms with Crippen molar-refractivity contribution >= 4 is 13.7 Å². The van der Waals surface area contributed by atoms with Gasteiger partial charge in [-0.2, -0.15) is 0 Å². The molecule has 3 unspecified atom stereocenters. The fourth-order valence-electron chi connectivity index (χ4n) is 5.75. The molecule has 0 heterocycles. The number of carbonyl (C=O) groups is 1. The molecule has 0 fully saturated rings. The maximum absolute atomic E-state index is 12.7. The van der Waals surface area contributed by atoms with Gasteiger partial charge in [0.25, 0.3) is 0 Å². The summed E-state index contributed by atoms with van der Waals surface area (Å²) in [6.45, 7) is 4.16. The number of hydrogen-bond donors (Lipinski definition) is 4. The van der Waals surface area contributed by atoms with Gasteiger partial charge < -0.3 is 21.1 Å². The lowest BCUT2D eigenvalue weighted by atomic mass is 10.0. The van der Waals surface area contributed by atoms with Crippen LogP contribution in [0.15, 0.2) is 24.3 Å². The lowest BCUT2D eigenvalue weighted by molar-refractivity contribution is -0.123. The molecule has 0 spiro atoms. The summed E-state index contributed by atoms with van der Waals surface area (Å²) in [5, 5.41) is 13.7. The van der Waals surface area contributed by atoms with Crippen LogP contribution in [0.5, 0.6) is 0 Å². The van der Waals surface area contributed by atoms with Crippen molar-refractivity contribution in [2.24, 2.45) is 5.73 Å². The van der Waals surface area contributed by atoms with E-state index >= 15 is 0 Å². The first-order valence-corrected chi connectivity index (χ1v) is 21.4. The molecule has 0 aromatic carbocycles. The summed E-state index contributed by atoms with van der Waals surface area (Å²) in [5.41, 5.74) is 5.36. The molecule has 0 aromatic heterocycles. The molecule has 284 valence electrons. The Hall–Kier alpha value is -1.02. The maximum atomic E-state index is 12.7. The zero-order valence-electron chi connectivity index (χ0n) is 31.2. The molecule has 0 bridgehead atoms. The quantitative estimate of drug-likeness (QED) is 0.0288. The van der Waals surface area contributed by atoms with E-state index in [2.05, 4.69) is 43.5 Å². The second kappa shape index (κ2) is 35.8. The predicted molar refractivity (Wildman–Crippen MR) is 203 cm³/mol. The normalized spacial score (nSPS) is 14.5. The van der Waals surface area contributed by atoms with Crippen molar-refractivity contribution in [3.8, 4) is 0 Å². The van der Waals surface area contributed by atoms with Crippen LogP contribution in [-0.4, -0.2) is 47.8 Å². The van der Waals surface area contributed by atoms with Crippen LogP contribution in [0.25, 0.3) is 0 Å². The largest absolute Gasteiger partial charge is 0.472 e. The molecule has 1 amide bonds. The molecular formula is C39H77N2O6P. The number of nitrogens with one attached hydrogen (secondary N) is 1. The average Bonchev–Trinajstić information content (AvgIpc) is 3.07. The first-order valence-electron chi connectivity index (χ1n) is 20.0. The van der Waals surface area contributed by atoms with Crippen LogP contribution in [-0.2, 0) is 18.4 Å². The molecule has 9 heteroatoms. The van der Waals surface area contributed by atoms with Crippen molar-refractivity contribution in [2.45, 2.75) is 199 Å². The summed E-state index contributed by atoms with van der Waals surface area (Å²) < 4.78 is 22.1. The van der Waals surface area contributed by atoms with Crippen LogP contribution in [0.3, 0.4) is 0 Å². The van der Waals surface area contributed by atoms with Gasteiger partial charge >= 0.3 is 7.82 Å². The number of phosphoric acid groups is 1. The second-order valence-corrected chi connectivity index (χ2v) is 14.9. The molecule has 0 rings (SSSR count). The fraction of sp³-hybridized carbons (Fsp3) is 0.872. The van der Waals surface area contributed by atoms with Gasteiger partial charge in [0.15, 0.2) is 0 Å². The predicted octanol–water partition coefficient (Wildman–Crippen LogP) is 10.6. The van der Waals surface area contributed by atoms with Crippen molar-refractivity contribution in [2.75, 3.05) is 19.8 Å². The Bertz CT molecular complexity index is 809. The van der Waals surface area contributed by atoms with Crippen LogP contribution in [0.4, 0.5) is 0 Å². The van der Waals surface area contributed by atoms with Crippen LogP contribution in [0.2, 0.25) is 0 Å². The van der Waals surface area contributed by atoms with E-state index in [9.17, 15) is 19.4 Å². The third-order valence-corrected chi connectivity index (χ3v) is 9.79. The lowest BCUT2D eigenvalue weighted by Crippen LogP contribution is -2.46. The van der Waals surface area contributed by atoms with E-state index in [1.54, 1.807) is 0 Å². The van der Waals surface area contributed by atoms with Gasteiger partial charge in [-0.05, 0) is 44.9 Å². The third kappa shape index (κ3) is 33.5. The minimum Gasteiger partial charge on any atom is -0.391 e. The van der Waals surface area contributed by atoms with Crippen molar-refractivity contribution in [1.29, 1.82) is 0 Å². The highest BCUT2D eigenvalue weighted by Gasteiger charge is 2.27. The van der Waals surface area contributed by atoms with Crippen molar-refractivity contribution in [1.82, 2.24) is 5.32 Å². The van der Waals surface area contributed by atoms with Gasteiger partial charge in [-0.15, -0.1) is 0 Å². The number of phosphoric ester groups is 1. The number of aliphatic hydroxyl groups is 1. The number of carbonyl (C=O) groups excluding carboxylic acids is 1. The Morgan fingerprint density at radius 3 is 1.69 bits per heavy atom. The van der Waals surface area contributed by atoms with Crippen molar-refractivity contribution in [3.05, 3.63) is 24.3 Å². The number of allylic oxidation sites excluding steroid dienone is 4. The molecule has 8 nitrogen and oxygen atoms in total. The number of nitrogens with two attached hydrogens (primary N) is 1. The molecule has 48 heavy (non-hydrogen) atoms. The number of hydrogen-bond acceptors (Lipinski definition) is 6. The van der Waals surface area contributed by atoms with Gasteiger partial charge in [-0.3, -0.25) is 13.8 Å². The van der Waals surface area contributed by atoms with Gasteiger partial charge in [-0.25, -0.2) is 4.57 Å². The van der Waals surface area contributed by atoms with Crippen LogP contribution in [0, 0.1) is 0 Å². The van der Waals surface area contributed by atoms with E-state index in [-0.39, 0.29) is 25.7 Å². The Morgan fingerprint density at radius 1 is 0.688 bits per heavy atom. The summed E-state index contributed by atoms with van der Waals surface area (Å²) in [5.74, 6) is -0.176. The summed E-state index contributed by atoms with van der Waals surface area (Å²) in [6, 6.07) is -0.778. The first-order chi connectivity index (χ1) is 23.4. The summed E-state index contributed by atoms with van der Waals surface area (Å²) >= 11 is 0. The highest BCUT2D eigenvalue weighted by molar-refractivity contribution is 7.47. The van der Waals surface area contributed by atoms with E-state index < -0.39 is 20.0 Å². The fourth-order valence-corrected chi connectivity index (χ4v) is 6.51. The molecule has 0 radical (unpaired) electrons. The van der Waals surface area contributed by atoms with Crippen LogP contribution < -0.4 is 11.1 Å². The molecule has 0 aliphatic heterocycles. The smallest absolute Gasteiger partial charge is 0.391 e. The Morgan fingerprint density at radius 2 is 1.15 bits per heavy atom. The number of rotatable bonds is 37. The molecule has 0 aliphatic rings. The van der Waals surface area contributed by atoms with Gasteiger partial charge in [0.1, 0.15) is 0 Å². The Balaban J connectivity index is 4.25. The van der Waals surface area contributed by atoms with Gasteiger partial charge in [-0.1, -0.05) is 160 Å². The molecule has 0 saturated carbocycles. The molecule has 5 N–H and O–H groups in total. The van der Waals surface area contributed by atoms with E-state index in [1.807, 2.05) is 0 Å². The molecule has 0 aromatic rings. The molecule has 0 saturated heterocycles. The molecular weight excluding hydrogens is 623 g/mol. The minimum absolute atomic E-state index is 0.0867. The highest BCUT2D eigenvalue weighted by Crippen LogP contribution is 2.43. The second-order valence-electron chi connectivity index (χ2n) is 13.5. The van der Waals surface area contributed by atoms with Crippen molar-refractivity contribution in [3.63, 3.8) is 0 Å². The summed E-state index contributed by atoms with van der Waals surface area (Å²) in [6.07, 6.45) is 38.9.